The van der Waals surface area contributed by atoms with Crippen molar-refractivity contribution < 1.29 is 8.78 Å². The zero-order valence-corrected chi connectivity index (χ0v) is 10.5. The Morgan fingerprint density at radius 3 is 2.07 bits per heavy atom. The fraction of sp³-hybridized carbons (Fsp3) is 0.500. The van der Waals surface area contributed by atoms with E-state index in [4.69, 9.17) is 11.6 Å². The van der Waals surface area contributed by atoms with Crippen molar-refractivity contribution in [2.45, 2.75) is 40.5 Å². The Bertz CT molecular complexity index is 333. The van der Waals surface area contributed by atoms with Gasteiger partial charge in [-0.25, -0.2) is 8.78 Å². The third kappa shape index (κ3) is 3.16. The van der Waals surface area contributed by atoms with Crippen LogP contribution in [0, 0.1) is 18.6 Å². The van der Waals surface area contributed by atoms with Gasteiger partial charge in [0.05, 0.1) is 5.02 Å². The van der Waals surface area contributed by atoms with E-state index in [1.165, 1.54) is 13.0 Å². The first kappa shape index (κ1) is 14.4. The first-order valence-corrected chi connectivity index (χ1v) is 5.47. The van der Waals surface area contributed by atoms with E-state index in [1.54, 1.807) is 0 Å². The van der Waals surface area contributed by atoms with Crippen molar-refractivity contribution in [2.75, 3.05) is 0 Å². The summed E-state index contributed by atoms with van der Waals surface area (Å²) < 4.78 is 26.3. The van der Waals surface area contributed by atoms with E-state index in [0.717, 1.165) is 0 Å². The van der Waals surface area contributed by atoms with Gasteiger partial charge in [0.2, 0.25) is 0 Å². The molecule has 0 N–H and O–H groups in total. The number of halogens is 3. The monoisotopic (exact) mass is 234 g/mol. The average molecular weight is 235 g/mol. The van der Waals surface area contributed by atoms with Crippen molar-refractivity contribution >= 4 is 11.6 Å². The molecule has 0 unspecified atom stereocenters. The molecule has 0 spiro atoms. The second-order valence-electron chi connectivity index (χ2n) is 3.36. The summed E-state index contributed by atoms with van der Waals surface area (Å²) in [5.74, 6) is -1.16. The lowest BCUT2D eigenvalue weighted by molar-refractivity contribution is 0.562. The molecule has 1 rings (SSSR count). The number of rotatable bonds is 1. The van der Waals surface area contributed by atoms with E-state index in [2.05, 4.69) is 0 Å². The van der Waals surface area contributed by atoms with E-state index >= 15 is 0 Å². The van der Waals surface area contributed by atoms with Gasteiger partial charge in [-0.2, -0.15) is 0 Å². The Morgan fingerprint density at radius 2 is 1.67 bits per heavy atom. The normalized spacial score (nSPS) is 9.93. The highest BCUT2D eigenvalue weighted by atomic mass is 35.5. The number of hydrogen-bond donors (Lipinski definition) is 0. The molecule has 0 aromatic heterocycles. The number of hydrogen-bond acceptors (Lipinski definition) is 0. The summed E-state index contributed by atoms with van der Waals surface area (Å²) in [6, 6.07) is 1.30. The van der Waals surface area contributed by atoms with Gasteiger partial charge in [0, 0.05) is 5.56 Å². The molecular weight excluding hydrogens is 218 g/mol. The molecule has 0 aliphatic carbocycles. The fourth-order valence-electron chi connectivity index (χ4n) is 1.12. The van der Waals surface area contributed by atoms with Gasteiger partial charge in [-0.1, -0.05) is 39.3 Å². The highest BCUT2D eigenvalue weighted by Gasteiger charge is 2.15. The number of benzene rings is 1. The molecule has 15 heavy (non-hydrogen) atoms. The molecular formula is C12H17ClF2. The van der Waals surface area contributed by atoms with Gasteiger partial charge in [0.15, 0.2) is 0 Å². The van der Waals surface area contributed by atoms with Crippen molar-refractivity contribution in [2.24, 2.45) is 0 Å². The van der Waals surface area contributed by atoms with Gasteiger partial charge in [0.1, 0.15) is 11.6 Å². The second kappa shape index (κ2) is 6.06. The van der Waals surface area contributed by atoms with Crippen molar-refractivity contribution in [3.8, 4) is 0 Å². The lowest BCUT2D eigenvalue weighted by Gasteiger charge is -2.10. The molecule has 0 amide bonds. The summed E-state index contributed by atoms with van der Waals surface area (Å²) in [4.78, 5) is 0. The molecule has 3 heteroatoms. The molecule has 0 atom stereocenters. The third-order valence-electron chi connectivity index (χ3n) is 2.04. The molecule has 0 aliphatic rings. The highest BCUT2D eigenvalue weighted by molar-refractivity contribution is 6.31. The molecule has 0 saturated heterocycles. The van der Waals surface area contributed by atoms with Crippen molar-refractivity contribution in [3.63, 3.8) is 0 Å². The van der Waals surface area contributed by atoms with Gasteiger partial charge in [-0.15, -0.1) is 0 Å². The largest absolute Gasteiger partial charge is 0.207 e. The minimum Gasteiger partial charge on any atom is -0.207 e. The summed E-state index contributed by atoms with van der Waals surface area (Å²) in [7, 11) is 0. The van der Waals surface area contributed by atoms with Crippen molar-refractivity contribution in [1.82, 2.24) is 0 Å². The van der Waals surface area contributed by atoms with Gasteiger partial charge < -0.3 is 0 Å². The molecule has 86 valence electrons. The smallest absolute Gasteiger partial charge is 0.147 e. The summed E-state index contributed by atoms with van der Waals surface area (Å²) in [6.07, 6.45) is 0. The van der Waals surface area contributed by atoms with Gasteiger partial charge in [-0.05, 0) is 24.5 Å². The molecule has 0 bridgehead atoms. The molecule has 0 radical (unpaired) electrons. The van der Waals surface area contributed by atoms with Crippen LogP contribution in [0.1, 0.15) is 44.7 Å². The van der Waals surface area contributed by atoms with E-state index in [9.17, 15) is 8.78 Å². The SMILES string of the molecule is CC.Cc1c(F)cc(C(C)C)c(Cl)c1F. The summed E-state index contributed by atoms with van der Waals surface area (Å²) in [5, 5.41) is 0.0360. The Hall–Kier alpha value is -0.630. The Morgan fingerprint density at radius 1 is 1.20 bits per heavy atom. The van der Waals surface area contributed by atoms with Crippen LogP contribution in [0.15, 0.2) is 6.07 Å². The van der Waals surface area contributed by atoms with Crippen LogP contribution >= 0.6 is 11.6 Å². The minimum atomic E-state index is -0.648. The zero-order chi connectivity index (χ0) is 12.2. The quantitative estimate of drug-likeness (QED) is 0.595. The Labute approximate surface area is 95.3 Å². The maximum Gasteiger partial charge on any atom is 0.147 e. The van der Waals surface area contributed by atoms with Crippen LogP contribution in [0.5, 0.6) is 0 Å². The van der Waals surface area contributed by atoms with Crippen molar-refractivity contribution in [3.05, 3.63) is 33.9 Å². The predicted molar refractivity (Wildman–Crippen MR) is 61.5 cm³/mol. The summed E-state index contributed by atoms with van der Waals surface area (Å²) >= 11 is 5.72. The lowest BCUT2D eigenvalue weighted by Crippen LogP contribution is -1.97. The lowest BCUT2D eigenvalue weighted by atomic mass is 10.0. The Balaban J connectivity index is 0.000000921. The maximum atomic E-state index is 13.2. The van der Waals surface area contributed by atoms with Crippen LogP contribution in [0.25, 0.3) is 0 Å². The van der Waals surface area contributed by atoms with Crippen LogP contribution in [0.4, 0.5) is 8.78 Å². The van der Waals surface area contributed by atoms with Crippen LogP contribution in [0.3, 0.4) is 0 Å². The second-order valence-corrected chi connectivity index (χ2v) is 3.73. The molecule has 0 aliphatic heterocycles. The Kier molecular flexibility index (Phi) is 5.81. The van der Waals surface area contributed by atoms with Crippen LogP contribution in [-0.4, -0.2) is 0 Å². The zero-order valence-electron chi connectivity index (χ0n) is 9.79. The summed E-state index contributed by atoms with van der Waals surface area (Å²) in [6.45, 7) is 9.06. The van der Waals surface area contributed by atoms with E-state index in [-0.39, 0.29) is 16.5 Å². The fourth-order valence-corrected chi connectivity index (χ4v) is 1.54. The van der Waals surface area contributed by atoms with Crippen molar-refractivity contribution in [1.29, 1.82) is 0 Å². The molecule has 0 heterocycles. The topological polar surface area (TPSA) is 0 Å². The van der Waals surface area contributed by atoms with Crippen LogP contribution in [-0.2, 0) is 0 Å². The van der Waals surface area contributed by atoms with E-state index in [0.29, 0.717) is 5.56 Å². The molecule has 0 nitrogen and oxygen atoms in total. The highest BCUT2D eigenvalue weighted by Crippen LogP contribution is 2.30. The summed E-state index contributed by atoms with van der Waals surface area (Å²) in [5.41, 5.74) is 0.497. The van der Waals surface area contributed by atoms with Gasteiger partial charge >= 0.3 is 0 Å². The van der Waals surface area contributed by atoms with Crippen LogP contribution in [0.2, 0.25) is 5.02 Å². The molecule has 1 aromatic carbocycles. The third-order valence-corrected chi connectivity index (χ3v) is 2.42. The standard InChI is InChI=1S/C10H11ClF2.C2H6/c1-5(2)7-4-8(12)6(3)10(13)9(7)11;1-2/h4-5H,1-3H3;1-2H3. The maximum absolute atomic E-state index is 13.2. The van der Waals surface area contributed by atoms with Crippen LogP contribution < -0.4 is 0 Å². The average Bonchev–Trinajstić information content (AvgIpc) is 2.23. The predicted octanol–water partition coefficient (Wildman–Crippen LogP) is 5.08. The first-order chi connectivity index (χ1) is 6.95. The van der Waals surface area contributed by atoms with Gasteiger partial charge in [-0.3, -0.25) is 0 Å². The molecule has 0 fully saturated rings. The first-order valence-electron chi connectivity index (χ1n) is 5.09. The molecule has 1 aromatic rings. The molecule has 0 saturated carbocycles. The van der Waals surface area contributed by atoms with E-state index < -0.39 is 11.6 Å². The van der Waals surface area contributed by atoms with Gasteiger partial charge in [0.25, 0.3) is 0 Å². The minimum absolute atomic E-state index is 0.0191. The van der Waals surface area contributed by atoms with E-state index in [1.807, 2.05) is 27.7 Å².